The van der Waals surface area contributed by atoms with Crippen LogP contribution in [0.4, 0.5) is 0 Å². The van der Waals surface area contributed by atoms with E-state index in [9.17, 15) is 4.79 Å². The minimum atomic E-state index is -0.158. The van der Waals surface area contributed by atoms with Crippen LogP contribution in [0.15, 0.2) is 59.4 Å². The molecule has 2 aromatic carbocycles. The van der Waals surface area contributed by atoms with E-state index in [1.54, 1.807) is 32.4 Å². The summed E-state index contributed by atoms with van der Waals surface area (Å²) >= 11 is 6.84. The van der Waals surface area contributed by atoms with Gasteiger partial charge < -0.3 is 9.47 Å². The molecule has 0 amide bonds. The molecule has 4 nitrogen and oxygen atoms in total. The van der Waals surface area contributed by atoms with E-state index in [1.807, 2.05) is 36.4 Å². The molecule has 1 aromatic heterocycles. The molecule has 0 aliphatic rings. The largest absolute Gasteiger partial charge is 0.497 e. The summed E-state index contributed by atoms with van der Waals surface area (Å²) in [6.45, 7) is 0. The lowest BCUT2D eigenvalue weighted by Gasteiger charge is -2.08. The van der Waals surface area contributed by atoms with E-state index in [1.165, 1.54) is 15.9 Å². The quantitative estimate of drug-likeness (QED) is 0.652. The number of hydrogen-bond acceptors (Lipinski definition) is 5. The summed E-state index contributed by atoms with van der Waals surface area (Å²) in [5.41, 5.74) is 1.50. The Balaban J connectivity index is 2.04. The molecule has 0 aliphatic heterocycles. The van der Waals surface area contributed by atoms with Gasteiger partial charge in [-0.25, -0.2) is 0 Å². The van der Waals surface area contributed by atoms with Gasteiger partial charge >= 0.3 is 0 Å². The van der Waals surface area contributed by atoms with Gasteiger partial charge in [0.15, 0.2) is 3.95 Å². The topological polar surface area (TPSA) is 40.5 Å². The lowest BCUT2D eigenvalue weighted by Crippen LogP contribution is -2.17. The van der Waals surface area contributed by atoms with Crippen LogP contribution >= 0.6 is 23.6 Å². The Labute approximate surface area is 148 Å². The zero-order chi connectivity index (χ0) is 17.1. The summed E-state index contributed by atoms with van der Waals surface area (Å²) in [7, 11) is 3.22. The second-order valence-corrected chi connectivity index (χ2v) is 6.65. The van der Waals surface area contributed by atoms with E-state index < -0.39 is 0 Å². The molecule has 1 heterocycles. The SMILES string of the molecule is COc1ccc(-c2cc(=O)n(-c3ccc(OC)cc3)c(=S)s2)cc1. The van der Waals surface area contributed by atoms with Crippen molar-refractivity contribution in [3.05, 3.63) is 68.9 Å². The Morgan fingerprint density at radius 1 is 0.917 bits per heavy atom. The number of nitrogens with zero attached hydrogens (tertiary/aromatic N) is 1. The fraction of sp³-hybridized carbons (Fsp3) is 0.111. The third kappa shape index (κ3) is 3.25. The fourth-order valence-corrected chi connectivity index (χ4v) is 3.65. The zero-order valence-electron chi connectivity index (χ0n) is 13.2. The summed E-state index contributed by atoms with van der Waals surface area (Å²) in [6, 6.07) is 16.4. The van der Waals surface area contributed by atoms with Gasteiger partial charge in [0.05, 0.1) is 19.9 Å². The van der Waals surface area contributed by atoms with Crippen molar-refractivity contribution in [1.29, 1.82) is 0 Å². The molecular weight excluding hydrogens is 342 g/mol. The molecular formula is C18H15NO3S2. The third-order valence-corrected chi connectivity index (χ3v) is 4.92. The van der Waals surface area contributed by atoms with E-state index in [0.29, 0.717) is 3.95 Å². The van der Waals surface area contributed by atoms with Gasteiger partial charge in [-0.2, -0.15) is 0 Å². The second-order valence-electron chi connectivity index (χ2n) is 4.98. The van der Waals surface area contributed by atoms with E-state index in [-0.39, 0.29) is 5.56 Å². The first kappa shape index (κ1) is 16.4. The molecule has 0 atom stereocenters. The van der Waals surface area contributed by atoms with Crippen LogP contribution < -0.4 is 15.0 Å². The smallest absolute Gasteiger partial charge is 0.258 e. The molecule has 3 aromatic rings. The summed E-state index contributed by atoms with van der Waals surface area (Å²) < 4.78 is 12.3. The summed E-state index contributed by atoms with van der Waals surface area (Å²) in [5, 5.41) is 0. The molecule has 0 unspecified atom stereocenters. The maximum atomic E-state index is 12.6. The molecule has 0 aliphatic carbocycles. The molecule has 6 heteroatoms. The first-order valence-electron chi connectivity index (χ1n) is 7.18. The fourth-order valence-electron chi connectivity index (χ4n) is 2.30. The molecule has 0 fully saturated rings. The molecule has 0 spiro atoms. The van der Waals surface area contributed by atoms with Crippen LogP contribution in [0.3, 0.4) is 0 Å². The van der Waals surface area contributed by atoms with Crippen molar-refractivity contribution in [2.45, 2.75) is 0 Å². The van der Waals surface area contributed by atoms with Crippen LogP contribution in [-0.4, -0.2) is 18.8 Å². The van der Waals surface area contributed by atoms with E-state index in [2.05, 4.69) is 0 Å². The second kappa shape index (κ2) is 6.98. The molecule has 0 N–H and O–H groups in total. The summed E-state index contributed by atoms with van der Waals surface area (Å²) in [6.07, 6.45) is 0. The van der Waals surface area contributed by atoms with Gasteiger partial charge in [0, 0.05) is 10.9 Å². The molecule has 122 valence electrons. The van der Waals surface area contributed by atoms with Crippen molar-refractivity contribution in [3.8, 4) is 27.6 Å². The number of aromatic nitrogens is 1. The van der Waals surface area contributed by atoms with Crippen molar-refractivity contribution in [2.75, 3.05) is 14.2 Å². The summed E-state index contributed by atoms with van der Waals surface area (Å²) in [4.78, 5) is 13.4. The van der Waals surface area contributed by atoms with Crippen molar-refractivity contribution >= 4 is 23.6 Å². The van der Waals surface area contributed by atoms with Crippen LogP contribution in [-0.2, 0) is 0 Å². The van der Waals surface area contributed by atoms with E-state index in [4.69, 9.17) is 21.7 Å². The lowest BCUT2D eigenvalue weighted by molar-refractivity contribution is 0.414. The zero-order valence-corrected chi connectivity index (χ0v) is 14.8. The Morgan fingerprint density at radius 3 is 1.96 bits per heavy atom. The van der Waals surface area contributed by atoms with Gasteiger partial charge in [-0.1, -0.05) is 0 Å². The minimum absolute atomic E-state index is 0.158. The highest BCUT2D eigenvalue weighted by molar-refractivity contribution is 7.73. The Bertz CT molecular complexity index is 926. The monoisotopic (exact) mass is 357 g/mol. The molecule has 0 saturated carbocycles. The van der Waals surface area contributed by atoms with Gasteiger partial charge in [0.1, 0.15) is 11.5 Å². The molecule has 0 bridgehead atoms. The molecule has 3 rings (SSSR count). The van der Waals surface area contributed by atoms with Crippen molar-refractivity contribution in [1.82, 2.24) is 4.57 Å². The molecule has 0 radical (unpaired) electrons. The minimum Gasteiger partial charge on any atom is -0.497 e. The Morgan fingerprint density at radius 2 is 1.46 bits per heavy atom. The molecule has 0 saturated heterocycles. The predicted octanol–water partition coefficient (Wildman–Crippen LogP) is 4.31. The average Bonchev–Trinajstić information content (AvgIpc) is 2.61. The van der Waals surface area contributed by atoms with E-state index >= 15 is 0 Å². The van der Waals surface area contributed by atoms with Crippen LogP contribution in [0.1, 0.15) is 0 Å². The van der Waals surface area contributed by atoms with Crippen molar-refractivity contribution in [2.24, 2.45) is 0 Å². The van der Waals surface area contributed by atoms with Crippen LogP contribution in [0.2, 0.25) is 0 Å². The first-order chi connectivity index (χ1) is 11.6. The molecule has 24 heavy (non-hydrogen) atoms. The summed E-state index contributed by atoms with van der Waals surface area (Å²) in [5.74, 6) is 1.50. The van der Waals surface area contributed by atoms with Gasteiger partial charge in [-0.15, -0.1) is 11.3 Å². The van der Waals surface area contributed by atoms with Crippen LogP contribution in [0, 0.1) is 3.95 Å². The van der Waals surface area contributed by atoms with Gasteiger partial charge in [0.2, 0.25) is 0 Å². The number of hydrogen-bond donors (Lipinski definition) is 0. The average molecular weight is 357 g/mol. The number of ether oxygens (including phenoxy) is 2. The van der Waals surface area contributed by atoms with E-state index in [0.717, 1.165) is 27.6 Å². The number of rotatable bonds is 4. The Hall–Kier alpha value is -2.44. The van der Waals surface area contributed by atoms with Gasteiger partial charge in [0.25, 0.3) is 5.56 Å². The van der Waals surface area contributed by atoms with Crippen LogP contribution in [0.5, 0.6) is 11.5 Å². The van der Waals surface area contributed by atoms with Crippen LogP contribution in [0.25, 0.3) is 16.1 Å². The van der Waals surface area contributed by atoms with Crippen molar-refractivity contribution < 1.29 is 9.47 Å². The highest BCUT2D eigenvalue weighted by atomic mass is 32.1. The first-order valence-corrected chi connectivity index (χ1v) is 8.41. The highest BCUT2D eigenvalue weighted by Gasteiger charge is 2.07. The number of benzene rings is 2. The van der Waals surface area contributed by atoms with Crippen molar-refractivity contribution in [3.63, 3.8) is 0 Å². The lowest BCUT2D eigenvalue weighted by atomic mass is 10.2. The maximum absolute atomic E-state index is 12.6. The Kier molecular flexibility index (Phi) is 4.78. The number of methoxy groups -OCH3 is 2. The predicted molar refractivity (Wildman–Crippen MR) is 99.3 cm³/mol. The van der Waals surface area contributed by atoms with Gasteiger partial charge in [-0.3, -0.25) is 9.36 Å². The maximum Gasteiger partial charge on any atom is 0.258 e. The standard InChI is InChI=1S/C18H15NO3S2/c1-21-14-7-3-12(4-8-14)16-11-17(20)19(18(23)24-16)13-5-9-15(22-2)10-6-13/h3-11H,1-2H3. The third-order valence-electron chi connectivity index (χ3n) is 3.56. The van der Waals surface area contributed by atoms with Gasteiger partial charge in [-0.05, 0) is 66.3 Å². The normalized spacial score (nSPS) is 10.4. The highest BCUT2D eigenvalue weighted by Crippen LogP contribution is 2.26.